The minimum atomic E-state index is 0.524. The van der Waals surface area contributed by atoms with E-state index in [1.165, 1.54) is 35.7 Å². The van der Waals surface area contributed by atoms with Gasteiger partial charge in [0.15, 0.2) is 0 Å². The van der Waals surface area contributed by atoms with Crippen LogP contribution in [-0.2, 0) is 13.1 Å². The number of rotatable bonds is 7. The summed E-state index contributed by atoms with van der Waals surface area (Å²) >= 11 is 1.79. The monoisotopic (exact) mass is 330 g/mol. The number of hydrogen-bond donors (Lipinski definition) is 0. The van der Waals surface area contributed by atoms with E-state index in [9.17, 15) is 0 Å². The van der Waals surface area contributed by atoms with Gasteiger partial charge in [-0.2, -0.15) is 0 Å². The highest BCUT2D eigenvalue weighted by atomic mass is 32.1. The molecule has 0 amide bonds. The minimum absolute atomic E-state index is 0.524. The van der Waals surface area contributed by atoms with Crippen LogP contribution in [0.15, 0.2) is 21.9 Å². The lowest BCUT2D eigenvalue weighted by Gasteiger charge is -2.19. The molecular weight excluding hydrogens is 304 g/mol. The maximum Gasteiger partial charge on any atom is 0.118 e. The summed E-state index contributed by atoms with van der Waals surface area (Å²) in [6.07, 6.45) is 3.92. The van der Waals surface area contributed by atoms with Crippen molar-refractivity contribution < 1.29 is 4.42 Å². The topological polar surface area (TPSA) is 29.3 Å². The molecule has 2 aliphatic carbocycles. The van der Waals surface area contributed by atoms with Crippen LogP contribution >= 0.6 is 11.3 Å². The third-order valence-electron chi connectivity index (χ3n) is 5.01. The summed E-state index contributed by atoms with van der Waals surface area (Å²) in [4.78, 5) is 7.34. The lowest BCUT2D eigenvalue weighted by molar-refractivity contribution is 0.221. The van der Waals surface area contributed by atoms with E-state index >= 15 is 0 Å². The predicted molar refractivity (Wildman–Crippen MR) is 93.7 cm³/mol. The van der Waals surface area contributed by atoms with Crippen LogP contribution < -0.4 is 0 Å². The molecule has 2 aromatic rings. The van der Waals surface area contributed by atoms with Gasteiger partial charge in [0.1, 0.15) is 11.5 Å². The third-order valence-corrected chi connectivity index (χ3v) is 6.20. The van der Waals surface area contributed by atoms with E-state index in [-0.39, 0.29) is 0 Å². The molecule has 2 heterocycles. The molecule has 2 atom stereocenters. The molecule has 124 valence electrons. The van der Waals surface area contributed by atoms with Crippen molar-refractivity contribution in [2.24, 2.45) is 5.92 Å². The quantitative estimate of drug-likeness (QED) is 0.703. The van der Waals surface area contributed by atoms with Gasteiger partial charge in [-0.1, -0.05) is 20.8 Å². The van der Waals surface area contributed by atoms with Crippen LogP contribution in [0.3, 0.4) is 0 Å². The number of hydrogen-bond acceptors (Lipinski definition) is 4. The molecule has 0 saturated heterocycles. The summed E-state index contributed by atoms with van der Waals surface area (Å²) in [7, 11) is 0. The summed E-state index contributed by atoms with van der Waals surface area (Å²) in [5.74, 6) is 4.31. The van der Waals surface area contributed by atoms with Gasteiger partial charge in [-0.15, -0.1) is 11.3 Å². The maximum atomic E-state index is 6.11. The first-order valence-electron chi connectivity index (χ1n) is 8.87. The van der Waals surface area contributed by atoms with Gasteiger partial charge in [0.25, 0.3) is 0 Å². The molecule has 0 aromatic carbocycles. The molecule has 2 saturated carbocycles. The Morgan fingerprint density at radius 1 is 1.30 bits per heavy atom. The molecule has 3 nitrogen and oxygen atoms in total. The van der Waals surface area contributed by atoms with E-state index in [0.717, 1.165) is 24.8 Å². The molecule has 0 bridgehead atoms. The Kier molecular flexibility index (Phi) is 4.06. The van der Waals surface area contributed by atoms with Gasteiger partial charge in [0, 0.05) is 29.8 Å². The largest absolute Gasteiger partial charge is 0.464 e. The van der Waals surface area contributed by atoms with Crippen molar-refractivity contribution in [3.8, 4) is 0 Å². The Morgan fingerprint density at radius 2 is 2.09 bits per heavy atom. The van der Waals surface area contributed by atoms with E-state index in [1.807, 2.05) is 0 Å². The smallest absolute Gasteiger partial charge is 0.118 e. The van der Waals surface area contributed by atoms with Crippen molar-refractivity contribution in [3.05, 3.63) is 39.7 Å². The summed E-state index contributed by atoms with van der Waals surface area (Å²) in [5.41, 5.74) is 1.22. The lowest BCUT2D eigenvalue weighted by Crippen LogP contribution is -2.25. The van der Waals surface area contributed by atoms with Crippen LogP contribution in [0.25, 0.3) is 0 Å². The first-order valence-corrected chi connectivity index (χ1v) is 9.75. The molecule has 2 aromatic heterocycles. The van der Waals surface area contributed by atoms with Gasteiger partial charge >= 0.3 is 0 Å². The molecule has 2 unspecified atom stereocenters. The second kappa shape index (κ2) is 6.06. The standard InChI is InChI=1S/C19H26N2OS/c1-12(2)19-20-14(11-23-19)9-21(15-4-5-15)10-16-6-7-18(22-16)17-8-13(17)3/h6-7,11-13,15,17H,4-5,8-10H2,1-3H3. The number of nitrogens with zero attached hydrogens (tertiary/aromatic N) is 2. The molecule has 4 rings (SSSR count). The molecule has 2 fully saturated rings. The van der Waals surface area contributed by atoms with Gasteiger partial charge in [0.05, 0.1) is 17.2 Å². The second-order valence-corrected chi connectivity index (χ2v) is 8.48. The van der Waals surface area contributed by atoms with Crippen molar-refractivity contribution in [2.75, 3.05) is 0 Å². The highest BCUT2D eigenvalue weighted by Gasteiger charge is 2.37. The number of furan rings is 1. The first-order chi connectivity index (χ1) is 11.1. The van der Waals surface area contributed by atoms with Crippen LogP contribution in [0, 0.1) is 5.92 Å². The van der Waals surface area contributed by atoms with Crippen molar-refractivity contribution in [2.45, 2.75) is 71.0 Å². The minimum Gasteiger partial charge on any atom is -0.464 e. The van der Waals surface area contributed by atoms with E-state index < -0.39 is 0 Å². The Balaban J connectivity index is 1.42. The van der Waals surface area contributed by atoms with Crippen molar-refractivity contribution in [3.63, 3.8) is 0 Å². The maximum absolute atomic E-state index is 6.11. The second-order valence-electron chi connectivity index (χ2n) is 7.59. The molecule has 23 heavy (non-hydrogen) atoms. The highest BCUT2D eigenvalue weighted by Crippen LogP contribution is 2.47. The summed E-state index contributed by atoms with van der Waals surface area (Å²) in [6.45, 7) is 8.59. The predicted octanol–water partition coefficient (Wildman–Crippen LogP) is 5.15. The zero-order valence-corrected chi connectivity index (χ0v) is 15.1. The van der Waals surface area contributed by atoms with E-state index in [2.05, 4.69) is 43.2 Å². The highest BCUT2D eigenvalue weighted by molar-refractivity contribution is 7.09. The molecule has 4 heteroatoms. The van der Waals surface area contributed by atoms with Gasteiger partial charge in [-0.3, -0.25) is 4.90 Å². The average Bonchev–Trinajstić information content (AvgIpc) is 3.39. The zero-order valence-electron chi connectivity index (χ0n) is 14.3. The van der Waals surface area contributed by atoms with Gasteiger partial charge in [-0.25, -0.2) is 4.98 Å². The van der Waals surface area contributed by atoms with Gasteiger partial charge in [0.2, 0.25) is 0 Å². The summed E-state index contributed by atoms with van der Waals surface area (Å²) < 4.78 is 6.11. The fourth-order valence-corrected chi connectivity index (χ4v) is 4.05. The normalized spacial score (nSPS) is 23.9. The Morgan fingerprint density at radius 3 is 2.70 bits per heavy atom. The van der Waals surface area contributed by atoms with Gasteiger partial charge in [-0.05, 0) is 37.3 Å². The first kappa shape index (κ1) is 15.4. The average molecular weight is 330 g/mol. The zero-order chi connectivity index (χ0) is 16.0. The van der Waals surface area contributed by atoms with Crippen molar-refractivity contribution in [1.29, 1.82) is 0 Å². The Labute approximate surface area is 142 Å². The molecule has 0 N–H and O–H groups in total. The lowest BCUT2D eigenvalue weighted by atomic mass is 10.2. The van der Waals surface area contributed by atoms with Crippen LogP contribution in [0.5, 0.6) is 0 Å². The van der Waals surface area contributed by atoms with Gasteiger partial charge < -0.3 is 4.42 Å². The van der Waals surface area contributed by atoms with Crippen LogP contribution in [0.4, 0.5) is 0 Å². The van der Waals surface area contributed by atoms with Crippen LogP contribution in [0.1, 0.15) is 74.1 Å². The summed E-state index contributed by atoms with van der Waals surface area (Å²) in [6, 6.07) is 5.08. The Hall–Kier alpha value is -1.13. The fourth-order valence-electron chi connectivity index (χ4n) is 3.22. The Bertz CT molecular complexity index is 670. The SMILES string of the molecule is CC(C)c1nc(CN(Cc2ccc(C3CC3C)o2)C2CC2)cs1. The van der Waals surface area contributed by atoms with Crippen molar-refractivity contribution in [1.82, 2.24) is 9.88 Å². The molecule has 0 radical (unpaired) electrons. The molecular formula is C19H26N2OS. The molecule has 0 spiro atoms. The third kappa shape index (κ3) is 3.53. The molecule has 2 aliphatic rings. The van der Waals surface area contributed by atoms with Crippen LogP contribution in [0.2, 0.25) is 0 Å². The molecule has 0 aliphatic heterocycles. The van der Waals surface area contributed by atoms with Crippen molar-refractivity contribution >= 4 is 11.3 Å². The van der Waals surface area contributed by atoms with E-state index in [1.54, 1.807) is 11.3 Å². The van der Waals surface area contributed by atoms with E-state index in [0.29, 0.717) is 17.9 Å². The summed E-state index contributed by atoms with van der Waals surface area (Å²) in [5, 5.41) is 3.48. The number of thiazole rings is 1. The number of aromatic nitrogens is 1. The van der Waals surface area contributed by atoms with E-state index in [4.69, 9.17) is 9.40 Å². The fraction of sp³-hybridized carbons (Fsp3) is 0.632. The van der Waals surface area contributed by atoms with Crippen LogP contribution in [-0.4, -0.2) is 15.9 Å².